The van der Waals surface area contributed by atoms with Crippen molar-refractivity contribution < 1.29 is 0 Å². The van der Waals surface area contributed by atoms with Crippen LogP contribution in [0.2, 0.25) is 0 Å². The Morgan fingerprint density at radius 1 is 0.299 bits per heavy atom. The lowest BCUT2D eigenvalue weighted by molar-refractivity contribution is 0.768. The molecule has 0 aliphatic heterocycles. The zero-order valence-corrected chi connectivity index (χ0v) is 37.5. The molecule has 0 spiro atoms. The minimum atomic E-state index is -0.533. The van der Waals surface area contributed by atoms with Crippen LogP contribution in [0.5, 0.6) is 0 Å². The Bertz CT molecular complexity index is 3760. The number of para-hydroxylation sites is 1. The first-order valence-corrected chi connectivity index (χ1v) is 23.9. The summed E-state index contributed by atoms with van der Waals surface area (Å²) in [6.45, 7) is 0. The van der Waals surface area contributed by atoms with E-state index in [1.807, 2.05) is 11.3 Å². The molecule has 0 radical (unpaired) electrons. The van der Waals surface area contributed by atoms with E-state index in [1.54, 1.807) is 0 Å². The predicted octanol–water partition coefficient (Wildman–Crippen LogP) is 18.0. The van der Waals surface area contributed by atoms with Gasteiger partial charge in [0.15, 0.2) is 0 Å². The predicted molar refractivity (Wildman–Crippen MR) is 285 cm³/mol. The molecule has 0 saturated heterocycles. The quantitative estimate of drug-likeness (QED) is 0.147. The minimum Gasteiger partial charge on any atom is -0.310 e. The lowest BCUT2D eigenvalue weighted by atomic mass is 9.67. The van der Waals surface area contributed by atoms with E-state index >= 15 is 0 Å². The number of nitrogens with zero attached hydrogens (tertiary/aromatic N) is 1. The van der Waals surface area contributed by atoms with Crippen molar-refractivity contribution in [3.63, 3.8) is 0 Å². The fraction of sp³-hybridized carbons (Fsp3) is 0.0154. The third kappa shape index (κ3) is 6.37. The Kier molecular flexibility index (Phi) is 9.33. The SMILES string of the molecule is c1ccc(C2(c3ccccc3)c3ccccc3-c3ccc(N(c4cccc(-c5ccc(-c6cccc7ccccc67)cc5)c4)c4ccccc4-c4ccc5sc6ccccc6c5c4)cc32)cc1. The van der Waals surface area contributed by atoms with Gasteiger partial charge in [0.2, 0.25) is 0 Å². The van der Waals surface area contributed by atoms with E-state index in [1.165, 1.54) is 92.1 Å². The number of rotatable bonds is 8. The molecular formula is C65H43NS. The third-order valence-electron chi connectivity index (χ3n) is 14.0. The number of fused-ring (bicyclic) bond motifs is 7. The van der Waals surface area contributed by atoms with Crippen LogP contribution in [0.15, 0.2) is 261 Å². The van der Waals surface area contributed by atoms with Gasteiger partial charge in [-0.15, -0.1) is 11.3 Å². The van der Waals surface area contributed by atoms with Crippen LogP contribution in [0.4, 0.5) is 17.1 Å². The van der Waals surface area contributed by atoms with Crippen molar-refractivity contribution in [3.05, 3.63) is 283 Å². The van der Waals surface area contributed by atoms with Crippen LogP contribution in [0.25, 0.3) is 75.5 Å². The summed E-state index contributed by atoms with van der Waals surface area (Å²) < 4.78 is 2.61. The second-order valence-electron chi connectivity index (χ2n) is 17.6. The summed E-state index contributed by atoms with van der Waals surface area (Å²) in [6, 6.07) is 96.5. The number of hydrogen-bond acceptors (Lipinski definition) is 2. The van der Waals surface area contributed by atoms with Crippen molar-refractivity contribution in [2.45, 2.75) is 5.41 Å². The minimum absolute atomic E-state index is 0.533. The van der Waals surface area contributed by atoms with E-state index in [2.05, 4.69) is 266 Å². The summed E-state index contributed by atoms with van der Waals surface area (Å²) in [5.74, 6) is 0. The molecule has 1 aliphatic rings. The van der Waals surface area contributed by atoms with Gasteiger partial charge in [-0.25, -0.2) is 0 Å². The van der Waals surface area contributed by atoms with Gasteiger partial charge in [-0.3, -0.25) is 0 Å². The number of anilines is 3. The second kappa shape index (κ2) is 16.0. The first kappa shape index (κ1) is 39.1. The normalized spacial score (nSPS) is 12.6. The molecule has 0 bridgehead atoms. The molecule has 0 fully saturated rings. The Labute approximate surface area is 395 Å². The highest BCUT2D eigenvalue weighted by atomic mass is 32.1. The number of hydrogen-bond donors (Lipinski definition) is 0. The van der Waals surface area contributed by atoms with Crippen molar-refractivity contribution >= 4 is 59.3 Å². The molecule has 13 rings (SSSR count). The molecular weight excluding hydrogens is 827 g/mol. The molecule has 1 heterocycles. The first-order chi connectivity index (χ1) is 33.2. The highest BCUT2D eigenvalue weighted by molar-refractivity contribution is 7.25. The highest BCUT2D eigenvalue weighted by Crippen LogP contribution is 2.57. The van der Waals surface area contributed by atoms with Crippen molar-refractivity contribution in [1.29, 1.82) is 0 Å². The Morgan fingerprint density at radius 2 is 0.881 bits per heavy atom. The van der Waals surface area contributed by atoms with Gasteiger partial charge in [0, 0.05) is 37.1 Å². The maximum Gasteiger partial charge on any atom is 0.0714 e. The molecule has 2 heteroatoms. The third-order valence-corrected chi connectivity index (χ3v) is 15.1. The van der Waals surface area contributed by atoms with Crippen LogP contribution in [-0.2, 0) is 5.41 Å². The average Bonchev–Trinajstić information content (AvgIpc) is 3.93. The summed E-state index contributed by atoms with van der Waals surface area (Å²) in [5, 5.41) is 5.11. The fourth-order valence-corrected chi connectivity index (χ4v) is 12.0. The monoisotopic (exact) mass is 869 g/mol. The van der Waals surface area contributed by atoms with Gasteiger partial charge in [-0.05, 0) is 121 Å². The largest absolute Gasteiger partial charge is 0.310 e. The van der Waals surface area contributed by atoms with Crippen molar-refractivity contribution in [2.75, 3.05) is 4.90 Å². The maximum absolute atomic E-state index is 2.49. The van der Waals surface area contributed by atoms with Gasteiger partial charge < -0.3 is 4.90 Å². The van der Waals surface area contributed by atoms with E-state index in [-0.39, 0.29) is 0 Å². The van der Waals surface area contributed by atoms with Crippen LogP contribution in [-0.4, -0.2) is 0 Å². The average molecular weight is 870 g/mol. The van der Waals surface area contributed by atoms with E-state index < -0.39 is 5.41 Å². The van der Waals surface area contributed by atoms with Crippen LogP contribution in [0.3, 0.4) is 0 Å². The summed E-state index contributed by atoms with van der Waals surface area (Å²) >= 11 is 1.86. The topological polar surface area (TPSA) is 3.24 Å². The standard InChI is InChI=1S/C65H43NS/c1-3-20-49(21-4-1)65(50-22-5-2-6-23-50)60-30-12-9-27-56(60)57-39-38-52(43-61(57)65)66(62-31-13-10-26-55(62)48-37-40-64-59(42-48)58-28-11-14-32-63(58)67-64)51-24-15-19-47(41-51)44-33-35-46(36-34-44)54-29-16-18-45-17-7-8-25-53(45)54/h1-43H. The molecule has 0 atom stereocenters. The lowest BCUT2D eigenvalue weighted by Gasteiger charge is -2.35. The molecule has 0 saturated carbocycles. The van der Waals surface area contributed by atoms with Crippen molar-refractivity contribution in [1.82, 2.24) is 0 Å². The second-order valence-corrected chi connectivity index (χ2v) is 18.7. The lowest BCUT2D eigenvalue weighted by Crippen LogP contribution is -2.28. The van der Waals surface area contributed by atoms with Gasteiger partial charge in [0.05, 0.1) is 11.1 Å². The molecule has 11 aromatic carbocycles. The molecule has 1 aromatic heterocycles. The van der Waals surface area contributed by atoms with Gasteiger partial charge >= 0.3 is 0 Å². The number of benzene rings is 11. The van der Waals surface area contributed by atoms with Crippen LogP contribution < -0.4 is 4.90 Å². The summed E-state index contributed by atoms with van der Waals surface area (Å²) in [7, 11) is 0. The smallest absolute Gasteiger partial charge is 0.0714 e. The molecule has 12 aromatic rings. The van der Waals surface area contributed by atoms with Gasteiger partial charge in [0.25, 0.3) is 0 Å². The zero-order valence-electron chi connectivity index (χ0n) is 36.7. The molecule has 67 heavy (non-hydrogen) atoms. The van der Waals surface area contributed by atoms with Crippen LogP contribution in [0, 0.1) is 0 Å². The zero-order chi connectivity index (χ0) is 44.3. The Morgan fingerprint density at radius 3 is 1.70 bits per heavy atom. The van der Waals surface area contributed by atoms with E-state index in [0.717, 1.165) is 22.6 Å². The molecule has 1 nitrogen and oxygen atoms in total. The van der Waals surface area contributed by atoms with Gasteiger partial charge in [0.1, 0.15) is 0 Å². The van der Waals surface area contributed by atoms with Gasteiger partial charge in [-0.2, -0.15) is 0 Å². The van der Waals surface area contributed by atoms with E-state index in [9.17, 15) is 0 Å². The van der Waals surface area contributed by atoms with E-state index in [0.29, 0.717) is 0 Å². The van der Waals surface area contributed by atoms with E-state index in [4.69, 9.17) is 0 Å². The molecule has 0 amide bonds. The van der Waals surface area contributed by atoms with Gasteiger partial charge in [-0.1, -0.05) is 212 Å². The summed E-state index contributed by atoms with van der Waals surface area (Å²) in [5.41, 5.74) is 17.5. The Hall–Kier alpha value is -8.30. The van der Waals surface area contributed by atoms with Crippen molar-refractivity contribution in [3.8, 4) is 44.5 Å². The fourth-order valence-electron chi connectivity index (χ4n) is 10.9. The Balaban J connectivity index is 1.02. The summed E-state index contributed by atoms with van der Waals surface area (Å²) in [4.78, 5) is 2.49. The molecule has 314 valence electrons. The van der Waals surface area contributed by atoms with Crippen LogP contribution >= 0.6 is 11.3 Å². The molecule has 1 aliphatic carbocycles. The highest BCUT2D eigenvalue weighted by Gasteiger charge is 2.46. The van der Waals surface area contributed by atoms with Crippen LogP contribution in [0.1, 0.15) is 22.3 Å². The van der Waals surface area contributed by atoms with Crippen molar-refractivity contribution in [2.24, 2.45) is 0 Å². The molecule has 0 N–H and O–H groups in total. The summed E-state index contributed by atoms with van der Waals surface area (Å²) in [6.07, 6.45) is 0. The maximum atomic E-state index is 2.49. The number of thiophene rings is 1. The molecule has 0 unspecified atom stereocenters. The first-order valence-electron chi connectivity index (χ1n) is 23.1.